The van der Waals surface area contributed by atoms with E-state index in [1.54, 1.807) is 30.3 Å². The molecule has 0 heterocycles. The lowest BCUT2D eigenvalue weighted by molar-refractivity contribution is -0.384. The number of esters is 1. The fourth-order valence-electron chi connectivity index (χ4n) is 2.58. The Kier molecular flexibility index (Phi) is 7.87. The first kappa shape index (κ1) is 23.6. The van der Waals surface area contributed by atoms with E-state index >= 15 is 0 Å². The summed E-state index contributed by atoms with van der Waals surface area (Å²) in [5.41, 5.74) is 4.12. The second-order valence-electron chi connectivity index (χ2n) is 6.77. The molecule has 0 bridgehead atoms. The summed E-state index contributed by atoms with van der Waals surface area (Å²) in [6.45, 7) is 1.58. The van der Waals surface area contributed by atoms with Gasteiger partial charge in [0.1, 0.15) is 11.5 Å². The highest BCUT2D eigenvalue weighted by atomic mass is 79.9. The molecule has 3 rings (SSSR count). The Morgan fingerprint density at radius 2 is 1.79 bits per heavy atom. The molecular weight excluding hydrogens is 494 g/mol. The predicted molar refractivity (Wildman–Crippen MR) is 125 cm³/mol. The first-order chi connectivity index (χ1) is 15.8. The van der Waals surface area contributed by atoms with Crippen molar-refractivity contribution in [3.8, 4) is 11.5 Å². The van der Waals surface area contributed by atoms with Gasteiger partial charge in [-0.2, -0.15) is 5.10 Å². The summed E-state index contributed by atoms with van der Waals surface area (Å²) in [5.74, 6) is -0.494. The number of carbonyl (C=O) groups is 2. The van der Waals surface area contributed by atoms with E-state index in [9.17, 15) is 19.7 Å². The van der Waals surface area contributed by atoms with Gasteiger partial charge in [0.25, 0.3) is 11.6 Å². The predicted octanol–water partition coefficient (Wildman–Crippen LogP) is 4.41. The van der Waals surface area contributed by atoms with Gasteiger partial charge in [0.2, 0.25) is 0 Å². The highest BCUT2D eigenvalue weighted by Crippen LogP contribution is 2.23. The number of amides is 1. The van der Waals surface area contributed by atoms with Gasteiger partial charge in [0.15, 0.2) is 6.61 Å². The number of carbonyl (C=O) groups excluding carboxylic acids is 2. The van der Waals surface area contributed by atoms with E-state index in [2.05, 4.69) is 26.5 Å². The molecular formula is C23H18BrN3O6. The number of aryl methyl sites for hydroxylation is 1. The van der Waals surface area contributed by atoms with Crippen LogP contribution in [0.25, 0.3) is 0 Å². The lowest BCUT2D eigenvalue weighted by Gasteiger charge is -2.08. The number of rotatable bonds is 8. The van der Waals surface area contributed by atoms with Crippen LogP contribution in [0.3, 0.4) is 0 Å². The number of hydrazone groups is 1. The van der Waals surface area contributed by atoms with Crippen molar-refractivity contribution in [2.75, 3.05) is 6.61 Å². The Morgan fingerprint density at radius 3 is 2.45 bits per heavy atom. The maximum atomic E-state index is 12.4. The molecule has 1 amide bonds. The summed E-state index contributed by atoms with van der Waals surface area (Å²) in [6, 6.07) is 17.3. The van der Waals surface area contributed by atoms with Crippen LogP contribution in [-0.4, -0.2) is 29.6 Å². The van der Waals surface area contributed by atoms with Crippen LogP contribution < -0.4 is 14.9 Å². The molecule has 0 atom stereocenters. The Morgan fingerprint density at radius 1 is 1.09 bits per heavy atom. The van der Waals surface area contributed by atoms with Crippen molar-refractivity contribution in [3.05, 3.63) is 98.0 Å². The zero-order chi connectivity index (χ0) is 23.8. The normalized spacial score (nSPS) is 10.6. The second-order valence-corrected chi connectivity index (χ2v) is 7.69. The topological polar surface area (TPSA) is 120 Å². The molecule has 0 saturated carbocycles. The van der Waals surface area contributed by atoms with Crippen LogP contribution in [0.4, 0.5) is 5.69 Å². The quantitative estimate of drug-likeness (QED) is 0.157. The number of ether oxygens (including phenoxy) is 2. The molecule has 168 valence electrons. The Bertz CT molecular complexity index is 1190. The monoisotopic (exact) mass is 511 g/mol. The van der Waals surface area contributed by atoms with Crippen molar-refractivity contribution in [2.45, 2.75) is 6.92 Å². The van der Waals surface area contributed by atoms with E-state index in [0.717, 1.165) is 10.0 Å². The van der Waals surface area contributed by atoms with Crippen molar-refractivity contribution in [1.29, 1.82) is 0 Å². The summed E-state index contributed by atoms with van der Waals surface area (Å²) >= 11 is 3.35. The van der Waals surface area contributed by atoms with Gasteiger partial charge in [-0.3, -0.25) is 14.9 Å². The summed E-state index contributed by atoms with van der Waals surface area (Å²) in [5, 5.41) is 14.5. The van der Waals surface area contributed by atoms with E-state index in [0.29, 0.717) is 16.9 Å². The fourth-order valence-corrected chi connectivity index (χ4v) is 2.96. The number of halogens is 1. The van der Waals surface area contributed by atoms with Gasteiger partial charge >= 0.3 is 5.97 Å². The lowest BCUT2D eigenvalue weighted by Crippen LogP contribution is -2.24. The number of nitrogens with one attached hydrogen (secondary N) is 1. The van der Waals surface area contributed by atoms with Crippen LogP contribution >= 0.6 is 15.9 Å². The van der Waals surface area contributed by atoms with Gasteiger partial charge < -0.3 is 9.47 Å². The third kappa shape index (κ3) is 6.97. The number of hydrogen-bond acceptors (Lipinski definition) is 7. The highest BCUT2D eigenvalue weighted by molar-refractivity contribution is 9.10. The molecule has 3 aromatic rings. The van der Waals surface area contributed by atoms with Crippen LogP contribution in [0.15, 0.2) is 76.3 Å². The smallest absolute Gasteiger partial charge is 0.343 e. The molecule has 0 fully saturated rings. The minimum Gasteiger partial charge on any atom is -0.484 e. The highest BCUT2D eigenvalue weighted by Gasteiger charge is 2.12. The zero-order valence-corrected chi connectivity index (χ0v) is 18.9. The van der Waals surface area contributed by atoms with Gasteiger partial charge in [-0.15, -0.1) is 0 Å². The Balaban J connectivity index is 1.59. The van der Waals surface area contributed by atoms with E-state index in [-0.39, 0.29) is 18.0 Å². The number of nitro groups is 1. The van der Waals surface area contributed by atoms with Gasteiger partial charge in [0.05, 0.1) is 16.7 Å². The molecule has 0 spiro atoms. The summed E-state index contributed by atoms with van der Waals surface area (Å²) in [7, 11) is 0. The van der Waals surface area contributed by atoms with E-state index < -0.39 is 16.8 Å². The fraction of sp³-hybridized carbons (Fsp3) is 0.0870. The van der Waals surface area contributed by atoms with Gasteiger partial charge in [-0.05, 0) is 49.4 Å². The summed E-state index contributed by atoms with van der Waals surface area (Å²) in [6.07, 6.45) is 1.34. The van der Waals surface area contributed by atoms with Crippen molar-refractivity contribution < 1.29 is 24.0 Å². The van der Waals surface area contributed by atoms with E-state index in [1.165, 1.54) is 30.5 Å². The van der Waals surface area contributed by atoms with Crippen molar-refractivity contribution in [2.24, 2.45) is 5.10 Å². The van der Waals surface area contributed by atoms with Crippen LogP contribution in [0.1, 0.15) is 21.5 Å². The van der Waals surface area contributed by atoms with Gasteiger partial charge in [-0.25, -0.2) is 10.2 Å². The maximum Gasteiger partial charge on any atom is 0.343 e. The SMILES string of the molecule is Cc1ccc(C(=O)Oc2ccc(Br)cc2/C=N/NC(=O)COc2ccc([N+](=O)[O-])cc2)cc1. The molecule has 10 heteroatoms. The van der Waals surface area contributed by atoms with Crippen molar-refractivity contribution >= 4 is 39.7 Å². The number of hydrogen-bond donors (Lipinski definition) is 1. The minimum absolute atomic E-state index is 0.0793. The molecule has 0 unspecified atom stereocenters. The van der Waals surface area contributed by atoms with Crippen LogP contribution in [0.2, 0.25) is 0 Å². The molecule has 0 saturated heterocycles. The Labute approximate surface area is 197 Å². The minimum atomic E-state index is -0.544. The van der Waals surface area contributed by atoms with E-state index in [1.807, 2.05) is 19.1 Å². The zero-order valence-electron chi connectivity index (χ0n) is 17.4. The standard InChI is InChI=1S/C23H18BrN3O6/c1-15-2-4-16(5-3-15)23(29)33-21-11-6-18(24)12-17(21)13-25-26-22(28)14-32-20-9-7-19(8-10-20)27(30)31/h2-13H,14H2,1H3,(H,26,28)/b25-13+. The lowest BCUT2D eigenvalue weighted by atomic mass is 10.1. The molecule has 0 aliphatic heterocycles. The summed E-state index contributed by atoms with van der Waals surface area (Å²) in [4.78, 5) is 34.5. The van der Waals surface area contributed by atoms with Gasteiger partial charge in [0, 0.05) is 22.2 Å². The third-order valence-electron chi connectivity index (χ3n) is 4.27. The number of nitro benzene ring substituents is 1. The Hall–Kier alpha value is -4.05. The molecule has 0 aliphatic rings. The number of non-ortho nitro benzene ring substituents is 1. The van der Waals surface area contributed by atoms with Crippen LogP contribution in [0, 0.1) is 17.0 Å². The molecule has 0 radical (unpaired) electrons. The van der Waals surface area contributed by atoms with Gasteiger partial charge in [-0.1, -0.05) is 33.6 Å². The van der Waals surface area contributed by atoms with Crippen LogP contribution in [-0.2, 0) is 4.79 Å². The average molecular weight is 512 g/mol. The van der Waals surface area contributed by atoms with Crippen LogP contribution in [0.5, 0.6) is 11.5 Å². The largest absolute Gasteiger partial charge is 0.484 e. The molecule has 0 aromatic heterocycles. The first-order valence-electron chi connectivity index (χ1n) is 9.59. The molecule has 0 aliphatic carbocycles. The molecule has 3 aromatic carbocycles. The van der Waals surface area contributed by atoms with Crippen molar-refractivity contribution in [3.63, 3.8) is 0 Å². The maximum absolute atomic E-state index is 12.4. The summed E-state index contributed by atoms with van der Waals surface area (Å²) < 4.78 is 11.5. The second kappa shape index (κ2) is 11.0. The number of benzene rings is 3. The first-order valence-corrected chi connectivity index (χ1v) is 10.4. The molecule has 33 heavy (non-hydrogen) atoms. The van der Waals surface area contributed by atoms with E-state index in [4.69, 9.17) is 9.47 Å². The number of nitrogens with zero attached hydrogens (tertiary/aromatic N) is 2. The third-order valence-corrected chi connectivity index (χ3v) is 4.77. The molecule has 9 nitrogen and oxygen atoms in total. The average Bonchev–Trinajstić information content (AvgIpc) is 2.80. The molecule has 1 N–H and O–H groups in total. The van der Waals surface area contributed by atoms with Crippen molar-refractivity contribution in [1.82, 2.24) is 5.43 Å².